The first kappa shape index (κ1) is 15.7. The van der Waals surface area contributed by atoms with E-state index in [1.807, 2.05) is 12.4 Å². The summed E-state index contributed by atoms with van der Waals surface area (Å²) in [5, 5.41) is 7.92. The molecule has 6 nitrogen and oxygen atoms in total. The van der Waals surface area contributed by atoms with Crippen LogP contribution in [0.15, 0.2) is 18.5 Å². The van der Waals surface area contributed by atoms with Gasteiger partial charge in [-0.15, -0.1) is 0 Å². The van der Waals surface area contributed by atoms with Crippen molar-refractivity contribution in [2.75, 3.05) is 20.3 Å². The number of hydrogen-bond donors (Lipinski definition) is 1. The van der Waals surface area contributed by atoms with E-state index in [0.717, 1.165) is 44.1 Å². The van der Waals surface area contributed by atoms with Crippen molar-refractivity contribution in [3.63, 3.8) is 0 Å². The Morgan fingerprint density at radius 2 is 2.19 bits per heavy atom. The predicted octanol–water partition coefficient (Wildman–Crippen LogP) is 1.45. The van der Waals surface area contributed by atoms with Gasteiger partial charge in [-0.2, -0.15) is 5.10 Å². The van der Waals surface area contributed by atoms with Gasteiger partial charge in [0.15, 0.2) is 0 Å². The first-order valence-electron chi connectivity index (χ1n) is 7.53. The molecule has 0 radical (unpaired) electrons. The lowest BCUT2D eigenvalue weighted by atomic mass is 10.3. The molecular formula is C15H25N5O. The molecular weight excluding hydrogens is 266 g/mol. The van der Waals surface area contributed by atoms with Crippen LogP contribution >= 0.6 is 0 Å². The Hall–Kier alpha value is -1.66. The van der Waals surface area contributed by atoms with Gasteiger partial charge in [0.25, 0.3) is 0 Å². The molecule has 21 heavy (non-hydrogen) atoms. The first-order valence-corrected chi connectivity index (χ1v) is 7.53. The molecule has 0 aromatic carbocycles. The minimum Gasteiger partial charge on any atom is -0.383 e. The van der Waals surface area contributed by atoms with Crippen LogP contribution < -0.4 is 5.32 Å². The van der Waals surface area contributed by atoms with Crippen molar-refractivity contribution < 1.29 is 4.74 Å². The Kier molecular flexibility index (Phi) is 5.95. The van der Waals surface area contributed by atoms with Gasteiger partial charge in [0.2, 0.25) is 0 Å². The number of nitrogens with one attached hydrogen (secondary N) is 1. The number of nitrogens with zero attached hydrogens (tertiary/aromatic N) is 4. The van der Waals surface area contributed by atoms with Gasteiger partial charge in [0.1, 0.15) is 5.82 Å². The minimum absolute atomic E-state index is 0.711. The Bertz CT molecular complexity index is 546. The smallest absolute Gasteiger partial charge is 0.123 e. The summed E-state index contributed by atoms with van der Waals surface area (Å²) >= 11 is 0. The van der Waals surface area contributed by atoms with Crippen molar-refractivity contribution in [3.8, 4) is 0 Å². The van der Waals surface area contributed by atoms with Crippen LogP contribution in [0.2, 0.25) is 0 Å². The lowest BCUT2D eigenvalue weighted by Crippen LogP contribution is -2.21. The maximum absolute atomic E-state index is 5.03. The van der Waals surface area contributed by atoms with Crippen molar-refractivity contribution in [2.45, 2.75) is 39.9 Å². The molecule has 0 unspecified atom stereocenters. The molecule has 2 aromatic heterocycles. The van der Waals surface area contributed by atoms with Crippen molar-refractivity contribution >= 4 is 0 Å². The van der Waals surface area contributed by atoms with Gasteiger partial charge in [-0.05, 0) is 19.4 Å². The molecule has 0 spiro atoms. The largest absolute Gasteiger partial charge is 0.383 e. The monoisotopic (exact) mass is 291 g/mol. The summed E-state index contributed by atoms with van der Waals surface area (Å²) in [6.07, 6.45) is 4.84. The molecule has 0 aliphatic heterocycles. The van der Waals surface area contributed by atoms with E-state index in [1.54, 1.807) is 7.11 Å². The third kappa shape index (κ3) is 4.15. The fourth-order valence-electron chi connectivity index (χ4n) is 2.29. The Morgan fingerprint density at radius 1 is 1.33 bits per heavy atom. The number of aryl methyl sites for hydroxylation is 2. The number of aromatic nitrogens is 4. The van der Waals surface area contributed by atoms with Gasteiger partial charge in [0, 0.05) is 32.6 Å². The fraction of sp³-hybridized carbons (Fsp3) is 0.600. The van der Waals surface area contributed by atoms with Gasteiger partial charge in [-0.3, -0.25) is 4.68 Å². The maximum Gasteiger partial charge on any atom is 0.123 e. The molecule has 0 aliphatic rings. The van der Waals surface area contributed by atoms with Crippen LogP contribution in [-0.4, -0.2) is 39.6 Å². The summed E-state index contributed by atoms with van der Waals surface area (Å²) in [5.41, 5.74) is 2.37. The molecule has 2 aromatic rings. The van der Waals surface area contributed by atoms with E-state index < -0.39 is 0 Å². The maximum atomic E-state index is 5.03. The molecule has 116 valence electrons. The number of methoxy groups -OCH3 is 1. The molecule has 1 N–H and O–H groups in total. The standard InChI is InChI=1S/C15H25N5O/c1-4-13-10-14(20(5-2)18-13)12-19-8-6-17-15(19)11-16-7-9-21-3/h6,8,10,16H,4-5,7,9,11-12H2,1-3H3. The highest BCUT2D eigenvalue weighted by atomic mass is 16.5. The second-order valence-electron chi connectivity index (χ2n) is 4.94. The highest BCUT2D eigenvalue weighted by Gasteiger charge is 2.09. The lowest BCUT2D eigenvalue weighted by Gasteiger charge is -2.10. The molecule has 0 saturated carbocycles. The van der Waals surface area contributed by atoms with Crippen molar-refractivity contribution in [1.82, 2.24) is 24.6 Å². The fourth-order valence-corrected chi connectivity index (χ4v) is 2.29. The summed E-state index contributed by atoms with van der Waals surface area (Å²) in [5.74, 6) is 1.04. The first-order chi connectivity index (χ1) is 10.3. The second-order valence-corrected chi connectivity index (χ2v) is 4.94. The number of ether oxygens (including phenoxy) is 1. The van der Waals surface area contributed by atoms with Gasteiger partial charge >= 0.3 is 0 Å². The second kappa shape index (κ2) is 7.95. The number of rotatable bonds is 9. The zero-order valence-electron chi connectivity index (χ0n) is 13.2. The van der Waals surface area contributed by atoms with Crippen LogP contribution in [-0.2, 0) is 30.8 Å². The zero-order valence-corrected chi connectivity index (χ0v) is 13.2. The summed E-state index contributed by atoms with van der Waals surface area (Å²) in [6.45, 7) is 8.25. The average Bonchev–Trinajstić information content (AvgIpc) is 3.10. The Balaban J connectivity index is 2.02. The third-order valence-electron chi connectivity index (χ3n) is 3.48. The topological polar surface area (TPSA) is 56.9 Å². The van der Waals surface area contributed by atoms with Crippen LogP contribution in [0.5, 0.6) is 0 Å². The average molecular weight is 291 g/mol. The molecule has 0 aliphatic carbocycles. The number of hydrogen-bond acceptors (Lipinski definition) is 4. The van der Waals surface area contributed by atoms with E-state index in [9.17, 15) is 0 Å². The van der Waals surface area contributed by atoms with E-state index in [0.29, 0.717) is 6.61 Å². The van der Waals surface area contributed by atoms with E-state index in [4.69, 9.17) is 4.74 Å². The van der Waals surface area contributed by atoms with Crippen LogP contribution in [0.4, 0.5) is 0 Å². The Labute approximate surface area is 126 Å². The molecule has 0 fully saturated rings. The van der Waals surface area contributed by atoms with E-state index in [2.05, 4.69) is 44.6 Å². The molecule has 2 heterocycles. The van der Waals surface area contributed by atoms with Crippen LogP contribution in [0.3, 0.4) is 0 Å². The molecule has 0 amide bonds. The van der Waals surface area contributed by atoms with E-state index in [1.165, 1.54) is 5.69 Å². The quantitative estimate of drug-likeness (QED) is 0.710. The molecule has 0 atom stereocenters. The van der Waals surface area contributed by atoms with E-state index >= 15 is 0 Å². The van der Waals surface area contributed by atoms with E-state index in [-0.39, 0.29) is 0 Å². The highest BCUT2D eigenvalue weighted by Crippen LogP contribution is 2.09. The molecule has 6 heteroatoms. The third-order valence-corrected chi connectivity index (χ3v) is 3.48. The van der Waals surface area contributed by atoms with Crippen molar-refractivity contribution in [1.29, 1.82) is 0 Å². The summed E-state index contributed by atoms with van der Waals surface area (Å²) in [6, 6.07) is 2.19. The summed E-state index contributed by atoms with van der Waals surface area (Å²) in [7, 11) is 1.71. The van der Waals surface area contributed by atoms with Gasteiger partial charge < -0.3 is 14.6 Å². The van der Waals surface area contributed by atoms with Gasteiger partial charge in [-0.25, -0.2) is 4.98 Å². The normalized spacial score (nSPS) is 11.2. The Morgan fingerprint density at radius 3 is 2.90 bits per heavy atom. The van der Waals surface area contributed by atoms with Gasteiger partial charge in [0.05, 0.1) is 31.1 Å². The molecule has 0 saturated heterocycles. The molecule has 0 bridgehead atoms. The SMILES string of the molecule is CCc1cc(Cn2ccnc2CNCCOC)n(CC)n1. The minimum atomic E-state index is 0.711. The highest BCUT2D eigenvalue weighted by molar-refractivity contribution is 5.12. The molecule has 2 rings (SSSR count). The van der Waals surface area contributed by atoms with Gasteiger partial charge in [-0.1, -0.05) is 6.92 Å². The van der Waals surface area contributed by atoms with Crippen LogP contribution in [0.1, 0.15) is 31.1 Å². The predicted molar refractivity (Wildman–Crippen MR) is 82.2 cm³/mol. The van der Waals surface area contributed by atoms with Crippen molar-refractivity contribution in [2.24, 2.45) is 0 Å². The summed E-state index contributed by atoms with van der Waals surface area (Å²) < 4.78 is 9.27. The van der Waals surface area contributed by atoms with Crippen LogP contribution in [0, 0.1) is 0 Å². The van der Waals surface area contributed by atoms with Crippen molar-refractivity contribution in [3.05, 3.63) is 35.7 Å². The number of imidazole rings is 1. The zero-order chi connectivity index (χ0) is 15.1. The van der Waals surface area contributed by atoms with Crippen LogP contribution in [0.25, 0.3) is 0 Å². The lowest BCUT2D eigenvalue weighted by molar-refractivity contribution is 0.199. The summed E-state index contributed by atoms with van der Waals surface area (Å²) in [4.78, 5) is 4.42.